The van der Waals surface area contributed by atoms with E-state index in [1.165, 1.54) is 28.6 Å². The van der Waals surface area contributed by atoms with E-state index in [9.17, 15) is 9.18 Å². The van der Waals surface area contributed by atoms with Crippen LogP contribution in [0.1, 0.15) is 11.8 Å². The molecule has 0 spiro atoms. The molecule has 1 aliphatic heterocycles. The summed E-state index contributed by atoms with van der Waals surface area (Å²) >= 11 is 1.33. The van der Waals surface area contributed by atoms with Crippen molar-refractivity contribution in [2.45, 2.75) is 23.2 Å². The van der Waals surface area contributed by atoms with Crippen molar-refractivity contribution in [1.29, 1.82) is 0 Å². The van der Waals surface area contributed by atoms with Crippen molar-refractivity contribution in [2.24, 2.45) is 0 Å². The monoisotopic (exact) mass is 581 g/mol. The number of nitrogens with zero attached hydrogens (tertiary/aromatic N) is 2. The Hall–Kier alpha value is 0.590. The first kappa shape index (κ1) is 29.8. The predicted molar refractivity (Wildman–Crippen MR) is 142 cm³/mol. The van der Waals surface area contributed by atoms with Crippen LogP contribution in [0.4, 0.5) is 10.2 Å². The van der Waals surface area contributed by atoms with Gasteiger partial charge in [0, 0.05) is 34.5 Å². The maximum Gasteiger partial charge on any atom is 0.350 e. The molecule has 3 unspecified atom stereocenters. The summed E-state index contributed by atoms with van der Waals surface area (Å²) in [6.45, 7) is 1.37. The van der Waals surface area contributed by atoms with Gasteiger partial charge in [-0.2, -0.15) is 4.98 Å². The van der Waals surface area contributed by atoms with Gasteiger partial charge in [0.1, 0.15) is 17.4 Å². The van der Waals surface area contributed by atoms with Gasteiger partial charge in [0.15, 0.2) is 0 Å². The Kier molecular flexibility index (Phi) is 16.2. The summed E-state index contributed by atoms with van der Waals surface area (Å²) < 4.78 is 33.3. The Bertz CT molecular complexity index is 714. The zero-order chi connectivity index (χ0) is 23.9. The van der Waals surface area contributed by atoms with E-state index in [-0.39, 0.29) is 37.3 Å². The van der Waals surface area contributed by atoms with Crippen molar-refractivity contribution in [3.05, 3.63) is 22.7 Å². The van der Waals surface area contributed by atoms with Crippen LogP contribution in [-0.4, -0.2) is 87.2 Å². The second kappa shape index (κ2) is 17.9. The van der Waals surface area contributed by atoms with Crippen molar-refractivity contribution in [1.82, 2.24) is 9.55 Å². The molecule has 9 nitrogen and oxygen atoms in total. The molecule has 1 aromatic heterocycles. The van der Waals surface area contributed by atoms with Gasteiger partial charge >= 0.3 is 14.3 Å². The van der Waals surface area contributed by atoms with Gasteiger partial charge in [-0.15, -0.1) is 11.8 Å². The Morgan fingerprint density at radius 1 is 1.12 bits per heavy atom. The van der Waals surface area contributed by atoms with Crippen LogP contribution in [0.5, 0.6) is 0 Å². The van der Waals surface area contributed by atoms with Crippen LogP contribution in [0.2, 0.25) is 0 Å². The fourth-order valence-electron chi connectivity index (χ4n) is 2.53. The van der Waals surface area contributed by atoms with Crippen molar-refractivity contribution in [3.8, 4) is 0 Å². The van der Waals surface area contributed by atoms with Crippen molar-refractivity contribution < 1.29 is 28.2 Å². The molecule has 0 radical (unpaired) electrons. The molecule has 0 aromatic carbocycles. The summed E-state index contributed by atoms with van der Waals surface area (Å²) in [7, 11) is 4.74. The van der Waals surface area contributed by atoms with Crippen molar-refractivity contribution in [3.63, 3.8) is 0 Å². The molecule has 1 aromatic rings. The second-order valence-electron chi connectivity index (χ2n) is 6.36. The van der Waals surface area contributed by atoms with Crippen LogP contribution in [0.25, 0.3) is 0 Å². The quantitative estimate of drug-likeness (QED) is 0.133. The molecular formula is C17H29FN3O6PS5. The van der Waals surface area contributed by atoms with Gasteiger partial charge in [0.05, 0.1) is 33.0 Å². The molecular weight excluding hydrogens is 553 g/mol. The SMILES string of the molecule is Nc1ccn(C2SC(COP(OCCSSCCO)OCCSSCCO)CC2F)c(=O)n1. The highest BCUT2D eigenvalue weighted by Crippen LogP contribution is 2.46. The first-order valence-electron chi connectivity index (χ1n) is 10.1. The first-order valence-corrected chi connectivity index (χ1v) is 17.1. The molecule has 0 bridgehead atoms. The highest BCUT2D eigenvalue weighted by atomic mass is 33.1. The van der Waals surface area contributed by atoms with Crippen molar-refractivity contribution in [2.75, 3.05) is 61.8 Å². The lowest BCUT2D eigenvalue weighted by atomic mass is 10.2. The number of hydrogen-bond donors (Lipinski definition) is 3. The summed E-state index contributed by atoms with van der Waals surface area (Å²) in [4.78, 5) is 15.7. The van der Waals surface area contributed by atoms with E-state index in [1.807, 2.05) is 0 Å². The zero-order valence-electron chi connectivity index (χ0n) is 17.8. The average Bonchev–Trinajstić information content (AvgIpc) is 3.16. The Labute approximate surface area is 214 Å². The Morgan fingerprint density at radius 3 is 2.30 bits per heavy atom. The topological polar surface area (TPSA) is 129 Å². The highest BCUT2D eigenvalue weighted by molar-refractivity contribution is 8.77. The first-order chi connectivity index (χ1) is 16.0. The number of anilines is 1. The number of thioether (sulfide) groups is 1. The Balaban J connectivity index is 1.79. The summed E-state index contributed by atoms with van der Waals surface area (Å²) in [5.74, 6) is 2.86. The number of aliphatic hydroxyl groups is 2. The largest absolute Gasteiger partial charge is 0.395 e. The van der Waals surface area contributed by atoms with E-state index in [0.29, 0.717) is 24.7 Å². The molecule has 3 atom stereocenters. The van der Waals surface area contributed by atoms with Crippen LogP contribution in [-0.2, 0) is 13.6 Å². The number of nitrogen functional groups attached to an aromatic ring is 1. The van der Waals surface area contributed by atoms with E-state index < -0.39 is 25.8 Å². The average molecular weight is 582 g/mol. The number of hydrogen-bond acceptors (Lipinski definition) is 13. The standard InChI is InChI=1S/C17H29FN3O6PS5/c18-14-11-13(33-16(14)21-2-1-15(19)20-17(21)24)12-27-28(25-5-9-31-29-7-3-22)26-6-10-32-30-8-4-23/h1-2,13-14,16,22-23H,3-12H2,(H2,19,20,24). The van der Waals surface area contributed by atoms with Gasteiger partial charge < -0.3 is 29.5 Å². The molecule has 4 N–H and O–H groups in total. The molecule has 1 aliphatic rings. The third-order valence-corrected chi connectivity index (χ3v) is 11.2. The third kappa shape index (κ3) is 11.9. The number of aliphatic hydroxyl groups excluding tert-OH is 2. The molecule has 16 heteroatoms. The van der Waals surface area contributed by atoms with Gasteiger partial charge in [0.2, 0.25) is 0 Å². The molecule has 0 aliphatic carbocycles. The number of alkyl halides is 1. The van der Waals surface area contributed by atoms with Gasteiger partial charge in [-0.3, -0.25) is 4.57 Å². The van der Waals surface area contributed by atoms with Gasteiger partial charge in [-0.25, -0.2) is 9.18 Å². The minimum Gasteiger partial charge on any atom is -0.395 e. The van der Waals surface area contributed by atoms with Gasteiger partial charge in [-0.05, 0) is 12.5 Å². The summed E-state index contributed by atoms with van der Waals surface area (Å²) in [6, 6.07) is 1.48. The van der Waals surface area contributed by atoms with Crippen LogP contribution < -0.4 is 11.4 Å². The predicted octanol–water partition coefficient (Wildman–Crippen LogP) is 3.19. The summed E-state index contributed by atoms with van der Waals surface area (Å²) in [5, 5.41) is 16.8. The molecule has 190 valence electrons. The van der Waals surface area contributed by atoms with Crippen LogP contribution in [0.3, 0.4) is 0 Å². The molecule has 1 saturated heterocycles. The zero-order valence-corrected chi connectivity index (χ0v) is 22.8. The van der Waals surface area contributed by atoms with Crippen LogP contribution >= 0.6 is 63.5 Å². The molecule has 2 rings (SSSR count). The van der Waals surface area contributed by atoms with E-state index in [4.69, 9.17) is 29.5 Å². The smallest absolute Gasteiger partial charge is 0.350 e. The fourth-order valence-corrected chi connectivity index (χ4v) is 8.49. The van der Waals surface area contributed by atoms with E-state index >= 15 is 0 Å². The summed E-state index contributed by atoms with van der Waals surface area (Å²) in [6.07, 6.45) is 0.506. The molecule has 1 fully saturated rings. The summed E-state index contributed by atoms with van der Waals surface area (Å²) in [5.41, 5.74) is 4.95. The van der Waals surface area contributed by atoms with Crippen LogP contribution in [0, 0.1) is 0 Å². The molecule has 33 heavy (non-hydrogen) atoms. The molecule has 2 heterocycles. The van der Waals surface area contributed by atoms with Gasteiger partial charge in [0.25, 0.3) is 0 Å². The lowest BCUT2D eigenvalue weighted by Crippen LogP contribution is -2.28. The molecule has 0 amide bonds. The molecule has 0 saturated carbocycles. The maximum atomic E-state index is 14.6. The Morgan fingerprint density at radius 2 is 1.73 bits per heavy atom. The highest BCUT2D eigenvalue weighted by Gasteiger charge is 2.37. The lowest BCUT2D eigenvalue weighted by molar-refractivity contribution is 0.169. The fraction of sp³-hybridized carbons (Fsp3) is 0.765. The number of nitrogens with two attached hydrogens (primary N) is 1. The van der Waals surface area contributed by atoms with E-state index in [1.54, 1.807) is 43.2 Å². The number of rotatable bonds is 18. The van der Waals surface area contributed by atoms with Crippen LogP contribution in [0.15, 0.2) is 17.1 Å². The maximum absolute atomic E-state index is 14.6. The third-order valence-electron chi connectivity index (χ3n) is 3.86. The number of aromatic nitrogens is 2. The minimum atomic E-state index is -1.60. The van der Waals surface area contributed by atoms with E-state index in [2.05, 4.69) is 4.98 Å². The second-order valence-corrected chi connectivity index (χ2v) is 14.4. The minimum absolute atomic E-state index is 0.107. The lowest BCUT2D eigenvalue weighted by Gasteiger charge is -2.19. The van der Waals surface area contributed by atoms with E-state index in [0.717, 1.165) is 11.5 Å². The van der Waals surface area contributed by atoms with Crippen molar-refractivity contribution >= 4 is 69.4 Å². The normalized spacial score (nSPS) is 20.7. The number of halogens is 1. The van der Waals surface area contributed by atoms with Gasteiger partial charge in [-0.1, -0.05) is 43.2 Å².